The van der Waals surface area contributed by atoms with Crippen molar-refractivity contribution in [2.45, 2.75) is 38.7 Å². The van der Waals surface area contributed by atoms with Gasteiger partial charge in [0, 0.05) is 6.07 Å². The molecule has 0 heterocycles. The Labute approximate surface area is 103 Å². The first-order valence-electron chi connectivity index (χ1n) is 5.89. The number of hydrogen-bond acceptors (Lipinski definition) is 3. The summed E-state index contributed by atoms with van der Waals surface area (Å²) in [5, 5.41) is 9.65. The summed E-state index contributed by atoms with van der Waals surface area (Å²) >= 11 is 0. The zero-order valence-electron chi connectivity index (χ0n) is 11.1. The van der Waals surface area contributed by atoms with Crippen LogP contribution >= 0.6 is 0 Å². The highest BCUT2D eigenvalue weighted by Gasteiger charge is 2.12. The molecular formula is C14H22O3. The number of methoxy groups -OCH3 is 2. The molecule has 0 aliphatic heterocycles. The van der Waals surface area contributed by atoms with Gasteiger partial charge in [0.05, 0.1) is 19.8 Å². The molecule has 1 rings (SSSR count). The van der Waals surface area contributed by atoms with Crippen molar-refractivity contribution < 1.29 is 14.6 Å². The summed E-state index contributed by atoms with van der Waals surface area (Å²) in [6.07, 6.45) is 2.62. The topological polar surface area (TPSA) is 38.7 Å². The quantitative estimate of drug-likeness (QED) is 0.828. The Morgan fingerprint density at radius 3 is 2.41 bits per heavy atom. The Morgan fingerprint density at radius 2 is 1.88 bits per heavy atom. The van der Waals surface area contributed by atoms with Crippen molar-refractivity contribution >= 4 is 0 Å². The van der Waals surface area contributed by atoms with E-state index in [0.717, 1.165) is 36.3 Å². The standard InChI is InChI=1S/C14H22O3/c1-14(2,15)9-5-6-11-7-8-12(16-3)10-13(11)17-4/h7-8,10,15H,5-6,9H2,1-4H3. The van der Waals surface area contributed by atoms with Crippen LogP contribution in [0.5, 0.6) is 11.5 Å². The Bertz CT molecular complexity index is 353. The fourth-order valence-electron chi connectivity index (χ4n) is 1.77. The van der Waals surface area contributed by atoms with Crippen molar-refractivity contribution in [2.24, 2.45) is 0 Å². The van der Waals surface area contributed by atoms with E-state index in [-0.39, 0.29) is 0 Å². The Morgan fingerprint density at radius 1 is 1.18 bits per heavy atom. The third kappa shape index (κ3) is 4.65. The van der Waals surface area contributed by atoms with Gasteiger partial charge in [0.1, 0.15) is 11.5 Å². The minimum Gasteiger partial charge on any atom is -0.497 e. The molecule has 17 heavy (non-hydrogen) atoms. The van der Waals surface area contributed by atoms with Gasteiger partial charge in [0.25, 0.3) is 0 Å². The molecule has 0 bridgehead atoms. The van der Waals surface area contributed by atoms with E-state index in [1.54, 1.807) is 14.2 Å². The van der Waals surface area contributed by atoms with Crippen molar-refractivity contribution in [1.82, 2.24) is 0 Å². The van der Waals surface area contributed by atoms with Crippen molar-refractivity contribution in [1.29, 1.82) is 0 Å². The summed E-state index contributed by atoms with van der Waals surface area (Å²) in [5.74, 6) is 1.65. The average molecular weight is 238 g/mol. The minimum atomic E-state index is -0.598. The van der Waals surface area contributed by atoms with Gasteiger partial charge in [-0.1, -0.05) is 6.07 Å². The number of benzene rings is 1. The van der Waals surface area contributed by atoms with E-state index < -0.39 is 5.60 Å². The van der Waals surface area contributed by atoms with Gasteiger partial charge in [-0.3, -0.25) is 0 Å². The second-order valence-electron chi connectivity index (χ2n) is 4.84. The first kappa shape index (κ1) is 13.8. The van der Waals surface area contributed by atoms with Gasteiger partial charge < -0.3 is 14.6 Å². The summed E-state index contributed by atoms with van der Waals surface area (Å²) < 4.78 is 10.5. The van der Waals surface area contributed by atoms with E-state index in [9.17, 15) is 5.11 Å². The van der Waals surface area contributed by atoms with Crippen LogP contribution in [0.15, 0.2) is 18.2 Å². The second kappa shape index (κ2) is 5.92. The molecule has 1 aromatic rings. The van der Waals surface area contributed by atoms with Crippen LogP contribution in [0.1, 0.15) is 32.3 Å². The van der Waals surface area contributed by atoms with Crippen LogP contribution in [-0.4, -0.2) is 24.9 Å². The highest BCUT2D eigenvalue weighted by atomic mass is 16.5. The molecule has 0 aromatic heterocycles. The van der Waals surface area contributed by atoms with E-state index in [1.807, 2.05) is 32.0 Å². The summed E-state index contributed by atoms with van der Waals surface area (Å²) in [6, 6.07) is 5.84. The molecule has 3 heteroatoms. The van der Waals surface area contributed by atoms with Crippen LogP contribution in [-0.2, 0) is 6.42 Å². The van der Waals surface area contributed by atoms with Crippen molar-refractivity contribution in [3.8, 4) is 11.5 Å². The fraction of sp³-hybridized carbons (Fsp3) is 0.571. The Kier molecular flexibility index (Phi) is 4.82. The molecular weight excluding hydrogens is 216 g/mol. The van der Waals surface area contributed by atoms with E-state index >= 15 is 0 Å². The van der Waals surface area contributed by atoms with Gasteiger partial charge in [-0.05, 0) is 44.7 Å². The van der Waals surface area contributed by atoms with Gasteiger partial charge in [0.2, 0.25) is 0 Å². The monoisotopic (exact) mass is 238 g/mol. The lowest BCUT2D eigenvalue weighted by Gasteiger charge is -2.17. The Balaban J connectivity index is 2.64. The number of hydrogen-bond donors (Lipinski definition) is 1. The number of rotatable bonds is 6. The molecule has 0 aliphatic rings. The lowest BCUT2D eigenvalue weighted by molar-refractivity contribution is 0.0689. The second-order valence-corrected chi connectivity index (χ2v) is 4.84. The molecule has 0 atom stereocenters. The van der Waals surface area contributed by atoms with Gasteiger partial charge in [-0.15, -0.1) is 0 Å². The van der Waals surface area contributed by atoms with Gasteiger partial charge in [-0.25, -0.2) is 0 Å². The normalized spacial score (nSPS) is 11.4. The lowest BCUT2D eigenvalue weighted by Crippen LogP contribution is -2.18. The molecule has 0 fully saturated rings. The van der Waals surface area contributed by atoms with Crippen LogP contribution in [0, 0.1) is 0 Å². The maximum absolute atomic E-state index is 9.65. The predicted octanol–water partition coefficient (Wildman–Crippen LogP) is 2.80. The van der Waals surface area contributed by atoms with E-state index in [0.29, 0.717) is 0 Å². The molecule has 0 unspecified atom stereocenters. The summed E-state index contributed by atoms with van der Waals surface area (Å²) in [7, 11) is 3.30. The average Bonchev–Trinajstić information content (AvgIpc) is 2.27. The number of aliphatic hydroxyl groups is 1. The molecule has 0 saturated carbocycles. The molecule has 96 valence electrons. The van der Waals surface area contributed by atoms with E-state index in [2.05, 4.69) is 0 Å². The summed E-state index contributed by atoms with van der Waals surface area (Å²) in [6.45, 7) is 3.66. The maximum atomic E-state index is 9.65. The van der Waals surface area contributed by atoms with Gasteiger partial charge in [0.15, 0.2) is 0 Å². The van der Waals surface area contributed by atoms with Crippen LogP contribution in [0.25, 0.3) is 0 Å². The number of aryl methyl sites for hydroxylation is 1. The fourth-order valence-corrected chi connectivity index (χ4v) is 1.77. The largest absolute Gasteiger partial charge is 0.497 e. The smallest absolute Gasteiger partial charge is 0.125 e. The van der Waals surface area contributed by atoms with Crippen LogP contribution in [0.2, 0.25) is 0 Å². The third-order valence-corrected chi connectivity index (χ3v) is 2.73. The summed E-state index contributed by atoms with van der Waals surface area (Å²) in [5.41, 5.74) is 0.553. The highest BCUT2D eigenvalue weighted by molar-refractivity contribution is 5.40. The van der Waals surface area contributed by atoms with Gasteiger partial charge >= 0.3 is 0 Å². The predicted molar refractivity (Wildman–Crippen MR) is 68.8 cm³/mol. The molecule has 3 nitrogen and oxygen atoms in total. The van der Waals surface area contributed by atoms with Gasteiger partial charge in [-0.2, -0.15) is 0 Å². The zero-order chi connectivity index (χ0) is 12.9. The molecule has 0 spiro atoms. The molecule has 1 aromatic carbocycles. The van der Waals surface area contributed by atoms with Crippen LogP contribution < -0.4 is 9.47 Å². The highest BCUT2D eigenvalue weighted by Crippen LogP contribution is 2.26. The molecule has 0 radical (unpaired) electrons. The van der Waals surface area contributed by atoms with Crippen molar-refractivity contribution in [3.63, 3.8) is 0 Å². The van der Waals surface area contributed by atoms with E-state index in [1.165, 1.54) is 0 Å². The SMILES string of the molecule is COc1ccc(CCCC(C)(C)O)c(OC)c1. The third-order valence-electron chi connectivity index (χ3n) is 2.73. The van der Waals surface area contributed by atoms with Crippen molar-refractivity contribution in [2.75, 3.05) is 14.2 Å². The zero-order valence-corrected chi connectivity index (χ0v) is 11.1. The Hall–Kier alpha value is -1.22. The summed E-state index contributed by atoms with van der Waals surface area (Å²) in [4.78, 5) is 0. The maximum Gasteiger partial charge on any atom is 0.125 e. The van der Waals surface area contributed by atoms with Crippen LogP contribution in [0.3, 0.4) is 0 Å². The molecule has 0 amide bonds. The first-order chi connectivity index (χ1) is 7.96. The number of ether oxygens (including phenoxy) is 2. The molecule has 0 saturated heterocycles. The molecule has 0 aliphatic carbocycles. The van der Waals surface area contributed by atoms with Crippen LogP contribution in [0.4, 0.5) is 0 Å². The molecule has 1 N–H and O–H groups in total. The first-order valence-corrected chi connectivity index (χ1v) is 5.89. The van der Waals surface area contributed by atoms with E-state index in [4.69, 9.17) is 9.47 Å². The lowest BCUT2D eigenvalue weighted by atomic mass is 9.98. The minimum absolute atomic E-state index is 0.598. The van der Waals surface area contributed by atoms with Crippen molar-refractivity contribution in [3.05, 3.63) is 23.8 Å².